The van der Waals surface area contributed by atoms with Crippen molar-refractivity contribution in [2.24, 2.45) is 0 Å². The van der Waals surface area contributed by atoms with Crippen LogP contribution in [0.3, 0.4) is 0 Å². The van der Waals surface area contributed by atoms with Gasteiger partial charge in [0.1, 0.15) is 17.2 Å². The van der Waals surface area contributed by atoms with E-state index in [2.05, 4.69) is 63.9 Å². The number of hydrogen-bond donors (Lipinski definition) is 3. The summed E-state index contributed by atoms with van der Waals surface area (Å²) in [7, 11) is 1.87. The molecule has 1 atom stereocenters. The van der Waals surface area contributed by atoms with Crippen LogP contribution in [-0.4, -0.2) is 28.3 Å². The fourth-order valence-electron chi connectivity index (χ4n) is 3.50. The van der Waals surface area contributed by atoms with Crippen molar-refractivity contribution in [3.63, 3.8) is 0 Å². The molecule has 3 rings (SSSR count). The number of anilines is 3. The van der Waals surface area contributed by atoms with Crippen LogP contribution in [0.15, 0.2) is 29.2 Å². The lowest BCUT2D eigenvalue weighted by atomic mass is 9.92. The minimum atomic E-state index is 0.633. The molecule has 0 aliphatic heterocycles. The van der Waals surface area contributed by atoms with Crippen molar-refractivity contribution >= 4 is 40.1 Å². The summed E-state index contributed by atoms with van der Waals surface area (Å²) in [5, 5.41) is 6.72. The molecule has 144 valence electrons. The Bertz CT molecular complexity index is 918. The Labute approximate surface area is 165 Å². The van der Waals surface area contributed by atoms with Crippen LogP contribution < -0.4 is 10.6 Å². The number of fused-ring (bicyclic) bond motifs is 1. The summed E-state index contributed by atoms with van der Waals surface area (Å²) in [5.74, 6) is 2.29. The second-order valence-corrected chi connectivity index (χ2v) is 7.65. The molecule has 0 saturated heterocycles. The smallest absolute Gasteiger partial charge is 0.181 e. The second kappa shape index (κ2) is 8.65. The van der Waals surface area contributed by atoms with Crippen molar-refractivity contribution in [1.29, 1.82) is 0 Å². The SMILES string of the molecule is CCCC(CC)c1ccc(Nc2cc(NC)nc3nc(C)[nH]c23)c(SC)c1. The molecule has 0 aliphatic carbocycles. The van der Waals surface area contributed by atoms with Crippen LogP contribution in [0.25, 0.3) is 11.2 Å². The average molecular weight is 384 g/mol. The molecular formula is C21H29N5S. The first kappa shape index (κ1) is 19.5. The number of rotatable bonds is 8. The summed E-state index contributed by atoms with van der Waals surface area (Å²) in [6.07, 6.45) is 5.76. The highest BCUT2D eigenvalue weighted by atomic mass is 32.2. The van der Waals surface area contributed by atoms with E-state index < -0.39 is 0 Å². The minimum absolute atomic E-state index is 0.633. The Balaban J connectivity index is 1.99. The molecule has 0 aliphatic rings. The molecule has 3 aromatic rings. The number of nitrogens with one attached hydrogen (secondary N) is 3. The fraction of sp³-hybridized carbons (Fsp3) is 0.429. The highest BCUT2D eigenvalue weighted by molar-refractivity contribution is 7.98. The Hall–Kier alpha value is -2.21. The van der Waals surface area contributed by atoms with E-state index in [-0.39, 0.29) is 0 Å². The summed E-state index contributed by atoms with van der Waals surface area (Å²) in [5.41, 5.74) is 5.17. The van der Waals surface area contributed by atoms with Gasteiger partial charge in [-0.05, 0) is 49.6 Å². The minimum Gasteiger partial charge on any atom is -0.373 e. The lowest BCUT2D eigenvalue weighted by Crippen LogP contribution is -2.01. The van der Waals surface area contributed by atoms with Gasteiger partial charge in [-0.25, -0.2) is 9.97 Å². The third-order valence-electron chi connectivity index (χ3n) is 4.93. The maximum absolute atomic E-state index is 4.53. The molecular weight excluding hydrogens is 354 g/mol. The maximum atomic E-state index is 4.53. The first-order chi connectivity index (χ1) is 13.1. The van der Waals surface area contributed by atoms with Crippen molar-refractivity contribution in [3.8, 4) is 0 Å². The van der Waals surface area contributed by atoms with Crippen LogP contribution in [0.2, 0.25) is 0 Å². The van der Waals surface area contributed by atoms with E-state index >= 15 is 0 Å². The summed E-state index contributed by atoms with van der Waals surface area (Å²) >= 11 is 1.78. The quantitative estimate of drug-likeness (QED) is 0.412. The van der Waals surface area contributed by atoms with Gasteiger partial charge in [0, 0.05) is 18.0 Å². The average Bonchev–Trinajstić information content (AvgIpc) is 3.06. The normalized spacial score (nSPS) is 12.3. The highest BCUT2D eigenvalue weighted by Gasteiger charge is 2.14. The number of imidazole rings is 1. The number of benzene rings is 1. The van der Waals surface area contributed by atoms with E-state index in [1.54, 1.807) is 11.8 Å². The molecule has 1 aromatic carbocycles. The molecule has 1 unspecified atom stereocenters. The van der Waals surface area contributed by atoms with Gasteiger partial charge < -0.3 is 15.6 Å². The van der Waals surface area contributed by atoms with E-state index in [4.69, 9.17) is 0 Å². The zero-order chi connectivity index (χ0) is 19.4. The molecule has 27 heavy (non-hydrogen) atoms. The molecule has 6 heteroatoms. The Morgan fingerprint density at radius 3 is 2.63 bits per heavy atom. The molecule has 3 N–H and O–H groups in total. The largest absolute Gasteiger partial charge is 0.373 e. The molecule has 0 fully saturated rings. The Morgan fingerprint density at radius 2 is 1.96 bits per heavy atom. The number of hydrogen-bond acceptors (Lipinski definition) is 5. The lowest BCUT2D eigenvalue weighted by Gasteiger charge is -2.18. The van der Waals surface area contributed by atoms with Crippen LogP contribution >= 0.6 is 11.8 Å². The summed E-state index contributed by atoms with van der Waals surface area (Å²) < 4.78 is 0. The summed E-state index contributed by atoms with van der Waals surface area (Å²) in [6.45, 7) is 6.48. The van der Waals surface area contributed by atoms with Crippen LogP contribution in [-0.2, 0) is 0 Å². The zero-order valence-corrected chi connectivity index (χ0v) is 17.6. The van der Waals surface area contributed by atoms with Gasteiger partial charge >= 0.3 is 0 Å². The van der Waals surface area contributed by atoms with E-state index in [0.29, 0.717) is 5.92 Å². The predicted octanol–water partition coefficient (Wildman–Crippen LogP) is 6.07. The molecule has 2 heterocycles. The van der Waals surface area contributed by atoms with Gasteiger partial charge in [-0.1, -0.05) is 26.3 Å². The van der Waals surface area contributed by atoms with Gasteiger partial charge in [0.05, 0.1) is 11.4 Å². The van der Waals surface area contributed by atoms with Gasteiger partial charge in [-0.2, -0.15) is 0 Å². The maximum Gasteiger partial charge on any atom is 0.181 e. The number of H-pyrrole nitrogens is 1. The third-order valence-corrected chi connectivity index (χ3v) is 5.71. The molecule has 0 radical (unpaired) electrons. The monoisotopic (exact) mass is 383 g/mol. The summed E-state index contributed by atoms with van der Waals surface area (Å²) in [4.78, 5) is 13.6. The standard InChI is InChI=1S/C21H29N5S/c1-6-8-14(7-2)15-9-10-16(18(11-15)27-5)25-17-12-19(22-4)26-21-20(17)23-13(3)24-21/h9-12,14H,6-8H2,1-5H3,(H3,22,23,24,25,26). The van der Waals surface area contributed by atoms with Crippen LogP contribution in [0.5, 0.6) is 0 Å². The van der Waals surface area contributed by atoms with E-state index in [9.17, 15) is 0 Å². The second-order valence-electron chi connectivity index (χ2n) is 6.80. The van der Waals surface area contributed by atoms with Crippen molar-refractivity contribution in [2.45, 2.75) is 50.8 Å². The molecule has 2 aromatic heterocycles. The highest BCUT2D eigenvalue weighted by Crippen LogP contribution is 2.35. The lowest BCUT2D eigenvalue weighted by molar-refractivity contribution is 0.595. The Kier molecular flexibility index (Phi) is 6.26. The number of nitrogens with zero attached hydrogens (tertiary/aromatic N) is 2. The number of aromatic nitrogens is 3. The molecule has 5 nitrogen and oxygen atoms in total. The predicted molar refractivity (Wildman–Crippen MR) is 118 cm³/mol. The van der Waals surface area contributed by atoms with Crippen molar-refractivity contribution in [1.82, 2.24) is 15.0 Å². The Morgan fingerprint density at radius 1 is 1.15 bits per heavy atom. The van der Waals surface area contributed by atoms with Crippen LogP contribution in [0.1, 0.15) is 50.4 Å². The van der Waals surface area contributed by atoms with Gasteiger partial charge in [0.15, 0.2) is 5.65 Å². The summed E-state index contributed by atoms with van der Waals surface area (Å²) in [6, 6.07) is 8.83. The zero-order valence-electron chi connectivity index (χ0n) is 16.8. The first-order valence-electron chi connectivity index (χ1n) is 9.59. The number of aromatic amines is 1. The van der Waals surface area contributed by atoms with Crippen LogP contribution in [0.4, 0.5) is 17.2 Å². The van der Waals surface area contributed by atoms with E-state index in [1.807, 2.05) is 20.0 Å². The topological polar surface area (TPSA) is 65.6 Å². The van der Waals surface area contributed by atoms with Gasteiger partial charge in [0.2, 0.25) is 0 Å². The molecule has 0 spiro atoms. The van der Waals surface area contributed by atoms with Crippen molar-refractivity contribution in [3.05, 3.63) is 35.7 Å². The van der Waals surface area contributed by atoms with Crippen LogP contribution in [0, 0.1) is 6.92 Å². The van der Waals surface area contributed by atoms with Gasteiger partial charge in [0.25, 0.3) is 0 Å². The van der Waals surface area contributed by atoms with Crippen molar-refractivity contribution in [2.75, 3.05) is 23.9 Å². The van der Waals surface area contributed by atoms with E-state index in [0.717, 1.165) is 34.2 Å². The number of aryl methyl sites for hydroxylation is 1. The van der Waals surface area contributed by atoms with Gasteiger partial charge in [-0.15, -0.1) is 11.8 Å². The number of thioether (sulfide) groups is 1. The number of pyridine rings is 1. The third kappa shape index (κ3) is 4.21. The first-order valence-corrected chi connectivity index (χ1v) is 10.8. The van der Waals surface area contributed by atoms with Gasteiger partial charge in [-0.3, -0.25) is 0 Å². The van der Waals surface area contributed by atoms with E-state index in [1.165, 1.54) is 29.7 Å². The molecule has 0 amide bonds. The molecule has 0 bridgehead atoms. The van der Waals surface area contributed by atoms with Crippen molar-refractivity contribution < 1.29 is 0 Å². The molecule has 0 saturated carbocycles. The fourth-order valence-corrected chi connectivity index (χ4v) is 4.09.